The third kappa shape index (κ3) is 3.67. The molecule has 5 heteroatoms. The molecule has 0 aliphatic heterocycles. The molecule has 0 saturated heterocycles. The van der Waals surface area contributed by atoms with Crippen LogP contribution in [0, 0.1) is 5.92 Å². The lowest BCUT2D eigenvalue weighted by Crippen LogP contribution is -2.28. The number of amides is 1. The summed E-state index contributed by atoms with van der Waals surface area (Å²) in [6, 6.07) is 10.4. The van der Waals surface area contributed by atoms with Crippen molar-refractivity contribution in [3.63, 3.8) is 0 Å². The first-order chi connectivity index (χ1) is 11.2. The number of carbonyl (C=O) groups is 1. The van der Waals surface area contributed by atoms with Gasteiger partial charge < -0.3 is 10.1 Å². The molecular weight excluding hydrogens is 290 g/mol. The van der Waals surface area contributed by atoms with Crippen molar-refractivity contribution in [3.8, 4) is 6.01 Å². The second kappa shape index (κ2) is 6.77. The Morgan fingerprint density at radius 1 is 1.30 bits per heavy atom. The van der Waals surface area contributed by atoms with Crippen LogP contribution < -0.4 is 10.1 Å². The molecule has 1 saturated carbocycles. The van der Waals surface area contributed by atoms with Crippen molar-refractivity contribution in [3.05, 3.63) is 53.9 Å². The minimum atomic E-state index is -0.116. The van der Waals surface area contributed by atoms with E-state index < -0.39 is 0 Å². The molecule has 0 radical (unpaired) electrons. The van der Waals surface area contributed by atoms with E-state index in [1.54, 1.807) is 12.4 Å². The van der Waals surface area contributed by atoms with Crippen LogP contribution in [-0.2, 0) is 4.79 Å². The summed E-state index contributed by atoms with van der Waals surface area (Å²) in [6.07, 6.45) is 4.32. The Kier molecular flexibility index (Phi) is 4.55. The van der Waals surface area contributed by atoms with Gasteiger partial charge in [-0.15, -0.1) is 0 Å². The molecule has 1 aliphatic rings. The first-order valence-electron chi connectivity index (χ1n) is 7.99. The Hall–Kier alpha value is -2.43. The van der Waals surface area contributed by atoms with Crippen molar-refractivity contribution in [2.24, 2.45) is 5.92 Å². The quantitative estimate of drug-likeness (QED) is 0.891. The number of hydrogen-bond acceptors (Lipinski definition) is 4. The first kappa shape index (κ1) is 15.5. The lowest BCUT2D eigenvalue weighted by Gasteiger charge is -2.14. The van der Waals surface area contributed by atoms with E-state index in [1.165, 1.54) is 5.56 Å². The monoisotopic (exact) mass is 311 g/mol. The van der Waals surface area contributed by atoms with Gasteiger partial charge in [0.15, 0.2) is 0 Å². The van der Waals surface area contributed by atoms with Gasteiger partial charge in [0.05, 0.1) is 12.6 Å². The first-order valence-corrected chi connectivity index (χ1v) is 7.99. The fourth-order valence-corrected chi connectivity index (χ4v) is 2.71. The van der Waals surface area contributed by atoms with Crippen LogP contribution in [0.3, 0.4) is 0 Å². The predicted octanol–water partition coefficient (Wildman–Crippen LogP) is 2.86. The highest BCUT2D eigenvalue weighted by Crippen LogP contribution is 2.47. The Balaban J connectivity index is 1.56. The van der Waals surface area contributed by atoms with Crippen molar-refractivity contribution in [2.75, 3.05) is 6.61 Å². The van der Waals surface area contributed by atoms with E-state index in [4.69, 9.17) is 4.74 Å². The third-order valence-electron chi connectivity index (χ3n) is 4.14. The van der Waals surface area contributed by atoms with Crippen molar-refractivity contribution in [2.45, 2.75) is 32.2 Å². The van der Waals surface area contributed by atoms with Crippen LogP contribution in [0.25, 0.3) is 0 Å². The molecule has 2 aromatic rings. The molecule has 1 aromatic heterocycles. The lowest BCUT2D eigenvalue weighted by molar-refractivity contribution is -0.123. The van der Waals surface area contributed by atoms with Gasteiger partial charge in [-0.1, -0.05) is 30.3 Å². The van der Waals surface area contributed by atoms with E-state index in [2.05, 4.69) is 27.4 Å². The molecule has 1 aromatic carbocycles. The summed E-state index contributed by atoms with van der Waals surface area (Å²) in [7, 11) is 0. The Bertz CT molecular complexity index is 658. The number of nitrogens with zero attached hydrogens (tertiary/aromatic N) is 2. The second-order valence-electron chi connectivity index (χ2n) is 5.82. The van der Waals surface area contributed by atoms with Crippen molar-refractivity contribution in [1.29, 1.82) is 0 Å². The summed E-state index contributed by atoms with van der Waals surface area (Å²) >= 11 is 0. The van der Waals surface area contributed by atoms with Crippen molar-refractivity contribution in [1.82, 2.24) is 15.3 Å². The van der Waals surface area contributed by atoms with E-state index in [0.717, 1.165) is 12.0 Å². The van der Waals surface area contributed by atoms with Gasteiger partial charge in [-0.2, -0.15) is 0 Å². The minimum Gasteiger partial charge on any atom is -0.464 e. The van der Waals surface area contributed by atoms with Crippen LogP contribution in [0.2, 0.25) is 0 Å². The summed E-state index contributed by atoms with van der Waals surface area (Å²) in [4.78, 5) is 20.6. The number of benzene rings is 1. The normalized spacial score (nSPS) is 20.6. The summed E-state index contributed by atoms with van der Waals surface area (Å²) in [5.41, 5.74) is 2.11. The van der Waals surface area contributed by atoms with Crippen LogP contribution in [0.4, 0.5) is 0 Å². The zero-order chi connectivity index (χ0) is 16.2. The largest absolute Gasteiger partial charge is 0.464 e. The molecule has 120 valence electrons. The third-order valence-corrected chi connectivity index (χ3v) is 4.14. The highest BCUT2D eigenvalue weighted by Gasteiger charge is 2.44. The predicted molar refractivity (Wildman–Crippen MR) is 87.0 cm³/mol. The highest BCUT2D eigenvalue weighted by atomic mass is 16.5. The molecule has 1 amide bonds. The number of aromatic nitrogens is 2. The smallest absolute Gasteiger partial charge is 0.316 e. The van der Waals surface area contributed by atoms with Gasteiger partial charge in [0.25, 0.3) is 0 Å². The van der Waals surface area contributed by atoms with Crippen molar-refractivity contribution >= 4 is 5.91 Å². The molecule has 0 spiro atoms. The van der Waals surface area contributed by atoms with E-state index in [-0.39, 0.29) is 17.9 Å². The Morgan fingerprint density at radius 2 is 2.00 bits per heavy atom. The molecule has 0 bridgehead atoms. The summed E-state index contributed by atoms with van der Waals surface area (Å²) in [5.74, 6) is 0.517. The van der Waals surface area contributed by atoms with Crippen LogP contribution in [0.5, 0.6) is 6.01 Å². The molecule has 3 rings (SSSR count). The van der Waals surface area contributed by atoms with E-state index >= 15 is 0 Å². The fourth-order valence-electron chi connectivity index (χ4n) is 2.71. The van der Waals surface area contributed by atoms with Gasteiger partial charge >= 0.3 is 6.01 Å². The minimum absolute atomic E-state index is 0.0727. The number of hydrogen-bond donors (Lipinski definition) is 1. The van der Waals surface area contributed by atoms with Gasteiger partial charge in [-0.3, -0.25) is 4.79 Å². The SMILES string of the molecule is CCOc1ncc(C(C)NC(=O)[C@H]2C[C@@H]2c2ccccc2)cn1. The number of ether oxygens (including phenoxy) is 1. The Labute approximate surface area is 136 Å². The van der Waals surface area contributed by atoms with Gasteiger partial charge in [-0.05, 0) is 31.7 Å². The van der Waals surface area contributed by atoms with Crippen LogP contribution >= 0.6 is 0 Å². The van der Waals surface area contributed by atoms with Crippen LogP contribution in [0.15, 0.2) is 42.7 Å². The maximum Gasteiger partial charge on any atom is 0.316 e. The average Bonchev–Trinajstić information content (AvgIpc) is 3.37. The molecule has 1 aliphatic carbocycles. The van der Waals surface area contributed by atoms with Gasteiger partial charge in [-0.25, -0.2) is 9.97 Å². The summed E-state index contributed by atoms with van der Waals surface area (Å²) in [6.45, 7) is 4.37. The lowest BCUT2D eigenvalue weighted by atomic mass is 10.1. The summed E-state index contributed by atoms with van der Waals surface area (Å²) in [5, 5.41) is 3.05. The number of rotatable bonds is 6. The molecule has 5 nitrogen and oxygen atoms in total. The zero-order valence-electron chi connectivity index (χ0n) is 13.4. The second-order valence-corrected chi connectivity index (χ2v) is 5.82. The average molecular weight is 311 g/mol. The topological polar surface area (TPSA) is 64.1 Å². The van der Waals surface area contributed by atoms with E-state index in [9.17, 15) is 4.79 Å². The van der Waals surface area contributed by atoms with Gasteiger partial charge in [0, 0.05) is 23.9 Å². The van der Waals surface area contributed by atoms with Gasteiger partial charge in [0.1, 0.15) is 0 Å². The molecular formula is C18H21N3O2. The number of nitrogens with one attached hydrogen (secondary N) is 1. The molecule has 1 unspecified atom stereocenters. The Morgan fingerprint density at radius 3 is 2.65 bits per heavy atom. The van der Waals surface area contributed by atoms with E-state index in [0.29, 0.717) is 18.5 Å². The highest BCUT2D eigenvalue weighted by molar-refractivity contribution is 5.83. The maximum absolute atomic E-state index is 12.4. The molecule has 1 heterocycles. The molecule has 1 fully saturated rings. The standard InChI is InChI=1S/C18H21N3O2/c1-3-23-18-19-10-14(11-20-18)12(2)21-17(22)16-9-15(16)13-7-5-4-6-8-13/h4-8,10-12,15-16H,3,9H2,1-2H3,(H,21,22)/t12?,15-,16+/m1/s1. The molecule has 3 atom stereocenters. The number of carbonyl (C=O) groups excluding carboxylic acids is 1. The van der Waals surface area contributed by atoms with Crippen LogP contribution in [-0.4, -0.2) is 22.5 Å². The summed E-state index contributed by atoms with van der Waals surface area (Å²) < 4.78 is 5.22. The van der Waals surface area contributed by atoms with Crippen LogP contribution in [0.1, 0.15) is 43.4 Å². The molecule has 23 heavy (non-hydrogen) atoms. The fraction of sp³-hybridized carbons (Fsp3) is 0.389. The zero-order valence-corrected chi connectivity index (χ0v) is 13.4. The van der Waals surface area contributed by atoms with Gasteiger partial charge in [0.2, 0.25) is 5.91 Å². The molecule has 1 N–H and O–H groups in total. The van der Waals surface area contributed by atoms with E-state index in [1.807, 2.05) is 32.0 Å². The van der Waals surface area contributed by atoms with Crippen molar-refractivity contribution < 1.29 is 9.53 Å². The maximum atomic E-state index is 12.4.